The monoisotopic (exact) mass is 148 g/mol. The third-order valence-electron chi connectivity index (χ3n) is 1.52. The van der Waals surface area contributed by atoms with Crippen molar-refractivity contribution >= 4 is 11.8 Å². The van der Waals surface area contributed by atoms with Gasteiger partial charge in [-0.2, -0.15) is 0 Å². The van der Waals surface area contributed by atoms with Gasteiger partial charge in [0.25, 0.3) is 0 Å². The number of pyridine rings is 1. The summed E-state index contributed by atoms with van der Waals surface area (Å²) in [5.41, 5.74) is 6.39. The highest BCUT2D eigenvalue weighted by Crippen LogP contribution is 1.71. The average Bonchev–Trinajstić information content (AvgIpc) is 2.04. The predicted molar refractivity (Wildman–Crippen MR) is 46.9 cm³/mol. The van der Waals surface area contributed by atoms with E-state index in [9.17, 15) is 0 Å². The number of rotatable bonds is 0. The molecule has 0 aliphatic carbocycles. The lowest BCUT2D eigenvalue weighted by Crippen LogP contribution is -2.31. The van der Waals surface area contributed by atoms with Crippen LogP contribution in [0.4, 0.5) is 0 Å². The van der Waals surface area contributed by atoms with E-state index < -0.39 is 0 Å². The Kier molecular flexibility index (Phi) is 2.26. The van der Waals surface area contributed by atoms with E-state index >= 15 is 0 Å². The second-order valence-corrected chi connectivity index (χ2v) is 2.41. The van der Waals surface area contributed by atoms with Gasteiger partial charge in [0.05, 0.1) is 5.35 Å². The van der Waals surface area contributed by atoms with Crippen molar-refractivity contribution in [2.24, 2.45) is 5.73 Å². The summed E-state index contributed by atoms with van der Waals surface area (Å²) in [6.07, 6.45) is 3.75. The highest BCUT2D eigenvalue weighted by atomic mass is 14.7. The van der Waals surface area contributed by atoms with E-state index in [-0.39, 0.29) is 0 Å². The first kappa shape index (κ1) is 7.79. The van der Waals surface area contributed by atoms with Crippen LogP contribution in [0.5, 0.6) is 0 Å². The molecule has 58 valence electrons. The zero-order valence-corrected chi connectivity index (χ0v) is 6.83. The van der Waals surface area contributed by atoms with Crippen molar-refractivity contribution in [3.05, 3.63) is 28.9 Å². The van der Waals surface area contributed by atoms with Crippen LogP contribution in [0.25, 0.3) is 11.8 Å². The Morgan fingerprint density at radius 1 is 1.64 bits per heavy atom. The first-order valence-corrected chi connectivity index (χ1v) is 3.59. The van der Waals surface area contributed by atoms with Crippen LogP contribution in [0.3, 0.4) is 0 Å². The highest BCUT2D eigenvalue weighted by molar-refractivity contribution is 5.36. The Labute approximate surface area is 66.1 Å². The minimum Gasteiger partial charge on any atom is -0.401 e. The number of aromatic nitrogens is 1. The second-order valence-electron chi connectivity index (χ2n) is 2.41. The minimum absolute atomic E-state index is 0.763. The van der Waals surface area contributed by atoms with Gasteiger partial charge in [-0.05, 0) is 25.1 Å². The molecule has 0 amide bonds. The summed E-state index contributed by atoms with van der Waals surface area (Å²) in [7, 11) is 0. The molecule has 1 heterocycles. The van der Waals surface area contributed by atoms with E-state index in [0.717, 1.165) is 16.3 Å². The van der Waals surface area contributed by atoms with Crippen LogP contribution in [0.2, 0.25) is 0 Å². The summed E-state index contributed by atoms with van der Waals surface area (Å²) >= 11 is 0. The Balaban J connectivity index is 3.64. The highest BCUT2D eigenvalue weighted by Gasteiger charge is 1.85. The van der Waals surface area contributed by atoms with Gasteiger partial charge in [-0.3, -0.25) is 4.98 Å². The molecule has 0 unspecified atom stereocenters. The van der Waals surface area contributed by atoms with Crippen LogP contribution in [0.15, 0.2) is 18.3 Å². The Morgan fingerprint density at radius 2 is 2.36 bits per heavy atom. The van der Waals surface area contributed by atoms with Crippen molar-refractivity contribution in [3.63, 3.8) is 0 Å². The first-order valence-electron chi connectivity index (χ1n) is 3.59. The SMILES string of the molecule is C/C=c1/cccn/c1=C(/C)N. The molecule has 0 aliphatic rings. The Bertz CT molecular complexity index is 348. The zero-order chi connectivity index (χ0) is 8.27. The average molecular weight is 148 g/mol. The molecule has 0 saturated carbocycles. The number of hydrogen-bond donors (Lipinski definition) is 1. The van der Waals surface area contributed by atoms with E-state index in [1.165, 1.54) is 0 Å². The largest absolute Gasteiger partial charge is 0.401 e. The molecule has 1 aromatic rings. The van der Waals surface area contributed by atoms with E-state index in [4.69, 9.17) is 5.73 Å². The molecule has 2 N–H and O–H groups in total. The minimum atomic E-state index is 0.763. The third-order valence-corrected chi connectivity index (χ3v) is 1.52. The van der Waals surface area contributed by atoms with E-state index in [1.807, 2.05) is 32.1 Å². The molecule has 0 aromatic carbocycles. The maximum absolute atomic E-state index is 5.62. The fourth-order valence-electron chi connectivity index (χ4n) is 0.980. The molecular formula is C9H12N2. The second kappa shape index (κ2) is 3.19. The van der Waals surface area contributed by atoms with Crippen molar-refractivity contribution in [2.75, 3.05) is 0 Å². The molecule has 2 nitrogen and oxygen atoms in total. The number of hydrogen-bond acceptors (Lipinski definition) is 2. The lowest BCUT2D eigenvalue weighted by Gasteiger charge is -1.90. The van der Waals surface area contributed by atoms with E-state index in [2.05, 4.69) is 4.98 Å². The number of nitrogens with two attached hydrogens (primary N) is 1. The van der Waals surface area contributed by atoms with Gasteiger partial charge in [-0.1, -0.05) is 12.1 Å². The molecule has 0 bridgehead atoms. The molecule has 11 heavy (non-hydrogen) atoms. The number of nitrogens with zero attached hydrogens (tertiary/aromatic N) is 1. The summed E-state index contributed by atoms with van der Waals surface area (Å²) in [4.78, 5) is 4.16. The molecule has 0 aliphatic heterocycles. The lowest BCUT2D eigenvalue weighted by atomic mass is 10.3. The van der Waals surface area contributed by atoms with Crippen LogP contribution < -0.4 is 16.3 Å². The van der Waals surface area contributed by atoms with Gasteiger partial charge >= 0.3 is 0 Å². The molecule has 0 fully saturated rings. The van der Waals surface area contributed by atoms with Gasteiger partial charge in [-0.25, -0.2) is 0 Å². The molecule has 0 spiro atoms. The summed E-state index contributed by atoms with van der Waals surface area (Å²) in [6.45, 7) is 3.83. The zero-order valence-electron chi connectivity index (χ0n) is 6.83. The fraction of sp³-hybridized carbons (Fsp3) is 0.222. The topological polar surface area (TPSA) is 38.9 Å². The quantitative estimate of drug-likeness (QED) is 0.561. The summed E-state index contributed by atoms with van der Waals surface area (Å²) in [5, 5.41) is 1.97. The van der Waals surface area contributed by atoms with Crippen molar-refractivity contribution in [1.82, 2.24) is 4.98 Å². The van der Waals surface area contributed by atoms with Gasteiger partial charge in [-0.15, -0.1) is 0 Å². The molecule has 0 saturated heterocycles. The Hall–Kier alpha value is -1.31. The van der Waals surface area contributed by atoms with Crippen LogP contribution in [0, 0.1) is 0 Å². The summed E-state index contributed by atoms with van der Waals surface area (Å²) in [6, 6.07) is 3.90. The van der Waals surface area contributed by atoms with E-state index in [1.54, 1.807) is 6.20 Å². The van der Waals surface area contributed by atoms with Gasteiger partial charge < -0.3 is 5.73 Å². The Morgan fingerprint density at radius 3 is 2.82 bits per heavy atom. The lowest BCUT2D eigenvalue weighted by molar-refractivity contribution is 1.18. The van der Waals surface area contributed by atoms with Crippen LogP contribution in [-0.2, 0) is 0 Å². The standard InChI is InChI=1S/C9H12N2/c1-3-8-5-4-6-11-9(8)7(2)10/h3-6H,10H2,1-2H3/b8-3-,9-7-. The van der Waals surface area contributed by atoms with Crippen molar-refractivity contribution in [2.45, 2.75) is 13.8 Å². The van der Waals surface area contributed by atoms with Gasteiger partial charge in [0.1, 0.15) is 0 Å². The molecule has 2 heteroatoms. The smallest absolute Gasteiger partial charge is 0.0882 e. The van der Waals surface area contributed by atoms with Crippen molar-refractivity contribution < 1.29 is 0 Å². The predicted octanol–water partition coefficient (Wildman–Crippen LogP) is -0.0312. The normalized spacial score (nSPS) is 14.9. The third kappa shape index (κ3) is 1.58. The van der Waals surface area contributed by atoms with Crippen LogP contribution >= 0.6 is 0 Å². The molecule has 1 aromatic heterocycles. The van der Waals surface area contributed by atoms with Crippen LogP contribution in [-0.4, -0.2) is 4.98 Å². The van der Waals surface area contributed by atoms with E-state index in [0.29, 0.717) is 0 Å². The van der Waals surface area contributed by atoms with Gasteiger partial charge in [0, 0.05) is 11.9 Å². The molecular weight excluding hydrogens is 136 g/mol. The van der Waals surface area contributed by atoms with Crippen molar-refractivity contribution in [3.8, 4) is 0 Å². The maximum atomic E-state index is 5.62. The fourth-order valence-corrected chi connectivity index (χ4v) is 0.980. The maximum Gasteiger partial charge on any atom is 0.0882 e. The van der Waals surface area contributed by atoms with Gasteiger partial charge in [0.15, 0.2) is 0 Å². The first-order chi connectivity index (χ1) is 5.25. The summed E-state index contributed by atoms with van der Waals surface area (Å²) < 4.78 is 0. The molecule has 0 atom stereocenters. The van der Waals surface area contributed by atoms with Gasteiger partial charge in [0.2, 0.25) is 0 Å². The van der Waals surface area contributed by atoms with Crippen LogP contribution in [0.1, 0.15) is 13.8 Å². The molecule has 0 radical (unpaired) electrons. The van der Waals surface area contributed by atoms with Crippen molar-refractivity contribution in [1.29, 1.82) is 0 Å². The summed E-state index contributed by atoms with van der Waals surface area (Å²) in [5.74, 6) is 0. The molecule has 1 rings (SSSR count).